The molecule has 0 saturated carbocycles. The summed E-state index contributed by atoms with van der Waals surface area (Å²) >= 11 is 0. The van der Waals surface area contributed by atoms with Crippen molar-refractivity contribution >= 4 is 11.9 Å². The predicted octanol–water partition coefficient (Wildman–Crippen LogP) is 1.69. The molecule has 0 aliphatic rings. The molecular formula is C17H19N3O6. The number of hydrogen-bond donors (Lipinski definition) is 2. The van der Waals surface area contributed by atoms with Gasteiger partial charge in [0.1, 0.15) is 5.69 Å². The molecule has 0 radical (unpaired) electrons. The van der Waals surface area contributed by atoms with Gasteiger partial charge in [0.15, 0.2) is 17.2 Å². The van der Waals surface area contributed by atoms with Crippen molar-refractivity contribution in [2.24, 2.45) is 0 Å². The van der Waals surface area contributed by atoms with E-state index in [9.17, 15) is 9.59 Å². The Hall–Kier alpha value is -3.36. The lowest BCUT2D eigenvalue weighted by atomic mass is 10.1. The Kier molecular flexibility index (Phi) is 5.94. The Morgan fingerprint density at radius 2 is 1.54 bits per heavy atom. The number of amides is 1. The van der Waals surface area contributed by atoms with Gasteiger partial charge in [0.05, 0.1) is 39.8 Å². The first-order valence-electron chi connectivity index (χ1n) is 7.57. The summed E-state index contributed by atoms with van der Waals surface area (Å²) in [4.78, 5) is 30.6. The summed E-state index contributed by atoms with van der Waals surface area (Å²) in [5.41, 5.74) is 0.497. The number of hydrogen-bond acceptors (Lipinski definition) is 7. The van der Waals surface area contributed by atoms with Gasteiger partial charge in [0.2, 0.25) is 5.75 Å². The zero-order chi connectivity index (χ0) is 19.3. The third-order valence-corrected chi connectivity index (χ3v) is 3.64. The van der Waals surface area contributed by atoms with Crippen LogP contribution in [0.1, 0.15) is 39.5 Å². The van der Waals surface area contributed by atoms with Crippen LogP contribution < -0.4 is 19.5 Å². The van der Waals surface area contributed by atoms with Crippen molar-refractivity contribution in [3.05, 3.63) is 41.5 Å². The Labute approximate surface area is 149 Å². The number of methoxy groups -OCH3 is 3. The fourth-order valence-electron chi connectivity index (χ4n) is 2.26. The van der Waals surface area contributed by atoms with Gasteiger partial charge in [-0.1, -0.05) is 0 Å². The molecule has 26 heavy (non-hydrogen) atoms. The van der Waals surface area contributed by atoms with Crippen LogP contribution in [0.2, 0.25) is 0 Å². The van der Waals surface area contributed by atoms with Crippen molar-refractivity contribution in [1.82, 2.24) is 15.3 Å². The number of aromatic carboxylic acids is 1. The molecule has 0 aliphatic heterocycles. The third kappa shape index (κ3) is 4.00. The van der Waals surface area contributed by atoms with Crippen molar-refractivity contribution in [3.8, 4) is 17.2 Å². The lowest BCUT2D eigenvalue weighted by Crippen LogP contribution is -2.27. The van der Waals surface area contributed by atoms with Crippen molar-refractivity contribution in [3.63, 3.8) is 0 Å². The summed E-state index contributed by atoms with van der Waals surface area (Å²) in [7, 11) is 4.51. The molecular weight excluding hydrogens is 342 g/mol. The van der Waals surface area contributed by atoms with Crippen LogP contribution in [0.4, 0.5) is 0 Å². The highest BCUT2D eigenvalue weighted by atomic mass is 16.5. The number of rotatable bonds is 7. The van der Waals surface area contributed by atoms with Gasteiger partial charge in [-0.15, -0.1) is 0 Å². The molecule has 2 N–H and O–H groups in total. The molecule has 1 heterocycles. The lowest BCUT2D eigenvalue weighted by molar-refractivity contribution is 0.0689. The van der Waals surface area contributed by atoms with Crippen LogP contribution in [-0.4, -0.2) is 48.3 Å². The number of nitrogens with zero attached hydrogens (tertiary/aromatic N) is 2. The van der Waals surface area contributed by atoms with Crippen molar-refractivity contribution in [1.29, 1.82) is 0 Å². The summed E-state index contributed by atoms with van der Waals surface area (Å²) in [5, 5.41) is 11.6. The molecule has 138 valence electrons. The molecule has 1 unspecified atom stereocenters. The number of carboxylic acid groups (broad SMARTS) is 1. The van der Waals surface area contributed by atoms with Gasteiger partial charge in [-0.25, -0.2) is 14.8 Å². The normalized spacial score (nSPS) is 11.4. The van der Waals surface area contributed by atoms with E-state index >= 15 is 0 Å². The first-order chi connectivity index (χ1) is 12.4. The van der Waals surface area contributed by atoms with Gasteiger partial charge in [-0.05, 0) is 24.6 Å². The van der Waals surface area contributed by atoms with E-state index in [0.29, 0.717) is 17.2 Å². The Morgan fingerprint density at radius 3 is 1.96 bits per heavy atom. The molecule has 1 aromatic carbocycles. The maximum Gasteiger partial charge on any atom is 0.356 e. The highest BCUT2D eigenvalue weighted by Crippen LogP contribution is 2.39. The van der Waals surface area contributed by atoms with Gasteiger partial charge >= 0.3 is 5.97 Å². The minimum atomic E-state index is -1.21. The van der Waals surface area contributed by atoms with E-state index in [-0.39, 0.29) is 11.4 Å². The number of carbonyl (C=O) groups excluding carboxylic acids is 1. The minimum Gasteiger partial charge on any atom is -0.493 e. The lowest BCUT2D eigenvalue weighted by Gasteiger charge is -2.18. The topological polar surface area (TPSA) is 120 Å². The van der Waals surface area contributed by atoms with Gasteiger partial charge in [0.25, 0.3) is 5.91 Å². The summed E-state index contributed by atoms with van der Waals surface area (Å²) in [6.07, 6.45) is 2.14. The van der Waals surface area contributed by atoms with Crippen LogP contribution in [0.3, 0.4) is 0 Å². The largest absolute Gasteiger partial charge is 0.493 e. The molecule has 1 amide bonds. The second-order valence-electron chi connectivity index (χ2n) is 5.25. The monoisotopic (exact) mass is 361 g/mol. The van der Waals surface area contributed by atoms with Crippen molar-refractivity contribution in [2.75, 3.05) is 21.3 Å². The van der Waals surface area contributed by atoms with Crippen LogP contribution in [-0.2, 0) is 0 Å². The molecule has 9 nitrogen and oxygen atoms in total. The zero-order valence-electron chi connectivity index (χ0n) is 14.8. The average Bonchev–Trinajstić information content (AvgIpc) is 2.66. The summed E-state index contributed by atoms with van der Waals surface area (Å²) in [6, 6.07) is 3.05. The summed E-state index contributed by atoms with van der Waals surface area (Å²) in [5.74, 6) is -0.319. The number of carbonyl (C=O) groups is 2. The van der Waals surface area contributed by atoms with E-state index in [1.165, 1.54) is 21.3 Å². The molecule has 0 aliphatic carbocycles. The first-order valence-corrected chi connectivity index (χ1v) is 7.57. The van der Waals surface area contributed by atoms with E-state index in [1.807, 2.05) is 0 Å². The van der Waals surface area contributed by atoms with Crippen LogP contribution in [0.5, 0.6) is 17.2 Å². The fraction of sp³-hybridized carbons (Fsp3) is 0.294. The second-order valence-corrected chi connectivity index (χ2v) is 5.25. The molecule has 2 aromatic rings. The van der Waals surface area contributed by atoms with Gasteiger partial charge in [-0.2, -0.15) is 0 Å². The number of aromatic nitrogens is 2. The molecule has 1 aromatic heterocycles. The molecule has 0 spiro atoms. The van der Waals surface area contributed by atoms with E-state index in [2.05, 4.69) is 15.3 Å². The third-order valence-electron chi connectivity index (χ3n) is 3.64. The number of nitrogens with one attached hydrogen (secondary N) is 1. The number of ether oxygens (including phenoxy) is 3. The molecule has 9 heteroatoms. The SMILES string of the molecule is COc1cc(C(C)NC(=O)c2cnc(C(=O)O)cn2)cc(OC)c1OC. The van der Waals surface area contributed by atoms with E-state index < -0.39 is 17.9 Å². The maximum atomic E-state index is 12.3. The Bertz CT molecular complexity index is 782. The standard InChI is InChI=1S/C17H19N3O6/c1-9(10-5-13(24-2)15(26-4)14(6-10)25-3)20-16(21)11-7-19-12(8-18-11)17(22)23/h5-9H,1-4H3,(H,20,21)(H,22,23). The van der Waals surface area contributed by atoms with Crippen molar-refractivity contribution < 1.29 is 28.9 Å². The Morgan fingerprint density at radius 1 is 1.00 bits per heavy atom. The molecule has 0 fully saturated rings. The number of carboxylic acids is 1. The smallest absolute Gasteiger partial charge is 0.356 e. The quantitative estimate of drug-likeness (QED) is 0.764. The number of benzene rings is 1. The highest BCUT2D eigenvalue weighted by molar-refractivity contribution is 5.93. The van der Waals surface area contributed by atoms with E-state index in [4.69, 9.17) is 19.3 Å². The summed E-state index contributed by atoms with van der Waals surface area (Å²) < 4.78 is 15.9. The predicted molar refractivity (Wildman–Crippen MR) is 91.0 cm³/mol. The van der Waals surface area contributed by atoms with Crippen molar-refractivity contribution in [2.45, 2.75) is 13.0 Å². The van der Waals surface area contributed by atoms with Crippen LogP contribution >= 0.6 is 0 Å². The maximum absolute atomic E-state index is 12.3. The van der Waals surface area contributed by atoms with E-state index in [0.717, 1.165) is 18.0 Å². The van der Waals surface area contributed by atoms with Crippen LogP contribution in [0.15, 0.2) is 24.5 Å². The Balaban J connectivity index is 2.22. The van der Waals surface area contributed by atoms with Gasteiger partial charge in [0, 0.05) is 0 Å². The van der Waals surface area contributed by atoms with Gasteiger partial charge < -0.3 is 24.6 Å². The first kappa shape index (κ1) is 19.0. The molecule has 0 saturated heterocycles. The average molecular weight is 361 g/mol. The van der Waals surface area contributed by atoms with Gasteiger partial charge in [-0.3, -0.25) is 4.79 Å². The van der Waals surface area contributed by atoms with E-state index in [1.54, 1.807) is 19.1 Å². The summed E-state index contributed by atoms with van der Waals surface area (Å²) in [6.45, 7) is 1.78. The molecule has 2 rings (SSSR count). The molecule has 0 bridgehead atoms. The fourth-order valence-corrected chi connectivity index (χ4v) is 2.26. The van der Waals surface area contributed by atoms with Crippen LogP contribution in [0.25, 0.3) is 0 Å². The zero-order valence-corrected chi connectivity index (χ0v) is 14.8. The second kappa shape index (κ2) is 8.15. The van der Waals surface area contributed by atoms with Crippen LogP contribution in [0, 0.1) is 0 Å². The molecule has 1 atom stereocenters. The highest BCUT2D eigenvalue weighted by Gasteiger charge is 2.19. The minimum absolute atomic E-state index is 0.00860.